The Morgan fingerprint density at radius 2 is 2.08 bits per heavy atom. The molecule has 0 radical (unpaired) electrons. The number of nitrogens with one attached hydrogen (secondary N) is 1. The van der Waals surface area contributed by atoms with Crippen molar-refractivity contribution in [3.8, 4) is 5.75 Å². The van der Waals surface area contributed by atoms with Gasteiger partial charge in [0.1, 0.15) is 12.4 Å². The van der Waals surface area contributed by atoms with E-state index in [1.165, 1.54) is 0 Å². The maximum atomic E-state index is 5.86. The monoisotopic (exact) mass is 416 g/mol. The summed E-state index contributed by atoms with van der Waals surface area (Å²) in [5.74, 6) is 1.59. The molecule has 0 saturated heterocycles. The van der Waals surface area contributed by atoms with E-state index in [1.54, 1.807) is 10.9 Å². The molecule has 0 spiro atoms. The number of aryl methyl sites for hydroxylation is 1. The molecular formula is C18H17BrN4OS. The Labute approximate surface area is 159 Å². The molecule has 1 heterocycles. The first kappa shape index (κ1) is 17.6. The van der Waals surface area contributed by atoms with Crippen molar-refractivity contribution < 1.29 is 4.74 Å². The predicted octanol–water partition coefficient (Wildman–Crippen LogP) is 4.73. The molecule has 0 amide bonds. The largest absolute Gasteiger partial charge is 0.489 e. The molecule has 0 aliphatic carbocycles. The van der Waals surface area contributed by atoms with Crippen molar-refractivity contribution in [1.29, 1.82) is 0 Å². The van der Waals surface area contributed by atoms with Crippen LogP contribution in [-0.2, 0) is 13.0 Å². The molecule has 0 aliphatic rings. The van der Waals surface area contributed by atoms with Crippen LogP contribution in [0.25, 0.3) is 0 Å². The van der Waals surface area contributed by atoms with Gasteiger partial charge in [-0.05, 0) is 47.6 Å². The number of hydrogen-bond acceptors (Lipinski definition) is 4. The standard InChI is InChI=1S/C18H17BrN4OS/c1-2-17-21-22-18(25)23(17)20-11-14-4-3-5-16(10-14)24-12-13-6-8-15(19)9-7-13/h3-11H,2,12H2,1H3,(H,22,25)/b20-11-. The van der Waals surface area contributed by atoms with Crippen LogP contribution in [0.3, 0.4) is 0 Å². The molecule has 128 valence electrons. The van der Waals surface area contributed by atoms with Crippen molar-refractivity contribution in [1.82, 2.24) is 14.9 Å². The number of halogens is 1. The predicted molar refractivity (Wildman–Crippen MR) is 105 cm³/mol. The maximum Gasteiger partial charge on any atom is 0.216 e. The number of rotatable bonds is 6. The molecule has 25 heavy (non-hydrogen) atoms. The number of aromatic nitrogens is 3. The van der Waals surface area contributed by atoms with Gasteiger partial charge in [0.25, 0.3) is 0 Å². The highest BCUT2D eigenvalue weighted by atomic mass is 79.9. The summed E-state index contributed by atoms with van der Waals surface area (Å²) in [5, 5.41) is 11.3. The highest BCUT2D eigenvalue weighted by Gasteiger charge is 2.02. The molecule has 5 nitrogen and oxygen atoms in total. The summed E-state index contributed by atoms with van der Waals surface area (Å²) >= 11 is 8.62. The molecule has 1 N–H and O–H groups in total. The summed E-state index contributed by atoms with van der Waals surface area (Å²) in [4.78, 5) is 0. The first-order valence-electron chi connectivity index (χ1n) is 7.83. The van der Waals surface area contributed by atoms with Crippen LogP contribution in [-0.4, -0.2) is 21.1 Å². The van der Waals surface area contributed by atoms with Crippen molar-refractivity contribution >= 4 is 34.4 Å². The van der Waals surface area contributed by atoms with Gasteiger partial charge in [0, 0.05) is 10.9 Å². The van der Waals surface area contributed by atoms with E-state index in [0.717, 1.165) is 33.6 Å². The summed E-state index contributed by atoms with van der Waals surface area (Å²) in [5.41, 5.74) is 2.04. The Kier molecular flexibility index (Phi) is 5.78. The van der Waals surface area contributed by atoms with Crippen molar-refractivity contribution in [3.05, 3.63) is 74.7 Å². The zero-order valence-corrected chi connectivity index (χ0v) is 16.0. The average molecular weight is 417 g/mol. The molecule has 2 aromatic carbocycles. The normalized spacial score (nSPS) is 11.1. The van der Waals surface area contributed by atoms with Gasteiger partial charge in [-0.25, -0.2) is 0 Å². The second-order valence-corrected chi connectivity index (χ2v) is 6.64. The van der Waals surface area contributed by atoms with Crippen LogP contribution < -0.4 is 4.74 Å². The highest BCUT2D eigenvalue weighted by Crippen LogP contribution is 2.16. The van der Waals surface area contributed by atoms with Crippen LogP contribution in [0.5, 0.6) is 5.75 Å². The zero-order valence-electron chi connectivity index (χ0n) is 13.6. The van der Waals surface area contributed by atoms with Gasteiger partial charge in [-0.2, -0.15) is 14.9 Å². The summed E-state index contributed by atoms with van der Waals surface area (Å²) in [7, 11) is 0. The Bertz CT molecular complexity index is 931. The van der Waals surface area contributed by atoms with E-state index in [1.807, 2.05) is 55.5 Å². The summed E-state index contributed by atoms with van der Waals surface area (Å²) < 4.78 is 9.02. The second kappa shape index (κ2) is 8.22. The Hall–Kier alpha value is -2.25. The fraction of sp³-hybridized carbons (Fsp3) is 0.167. The van der Waals surface area contributed by atoms with E-state index in [9.17, 15) is 0 Å². The van der Waals surface area contributed by atoms with Gasteiger partial charge in [0.05, 0.1) is 6.21 Å². The number of aromatic amines is 1. The zero-order chi connectivity index (χ0) is 17.6. The van der Waals surface area contributed by atoms with Crippen molar-refractivity contribution in [2.24, 2.45) is 5.10 Å². The third kappa shape index (κ3) is 4.64. The van der Waals surface area contributed by atoms with Crippen LogP contribution in [0.15, 0.2) is 58.1 Å². The van der Waals surface area contributed by atoms with E-state index >= 15 is 0 Å². The van der Waals surface area contributed by atoms with Crippen molar-refractivity contribution in [2.45, 2.75) is 20.0 Å². The smallest absolute Gasteiger partial charge is 0.216 e. The quantitative estimate of drug-likeness (QED) is 0.466. The molecule has 1 aromatic heterocycles. The average Bonchev–Trinajstić information content (AvgIpc) is 2.99. The topological polar surface area (TPSA) is 55.2 Å². The van der Waals surface area contributed by atoms with E-state index in [-0.39, 0.29) is 0 Å². The Balaban J connectivity index is 1.70. The molecular weight excluding hydrogens is 400 g/mol. The van der Waals surface area contributed by atoms with Crippen molar-refractivity contribution in [2.75, 3.05) is 0 Å². The minimum Gasteiger partial charge on any atom is -0.489 e. The van der Waals surface area contributed by atoms with Gasteiger partial charge < -0.3 is 4.74 Å². The fourth-order valence-corrected chi connectivity index (χ4v) is 2.69. The van der Waals surface area contributed by atoms with Gasteiger partial charge in [-0.15, -0.1) is 0 Å². The van der Waals surface area contributed by atoms with Gasteiger partial charge in [0.2, 0.25) is 4.77 Å². The van der Waals surface area contributed by atoms with Gasteiger partial charge in [0.15, 0.2) is 5.82 Å². The molecule has 7 heteroatoms. The van der Waals surface area contributed by atoms with E-state index in [0.29, 0.717) is 11.4 Å². The summed E-state index contributed by atoms with van der Waals surface area (Å²) in [6, 6.07) is 15.8. The molecule has 0 saturated carbocycles. The number of H-pyrrole nitrogens is 1. The maximum absolute atomic E-state index is 5.86. The highest BCUT2D eigenvalue weighted by molar-refractivity contribution is 9.10. The van der Waals surface area contributed by atoms with Crippen LogP contribution in [0.1, 0.15) is 23.9 Å². The molecule has 0 atom stereocenters. The van der Waals surface area contributed by atoms with Crippen LogP contribution >= 0.6 is 28.1 Å². The number of hydrogen-bond donors (Lipinski definition) is 1. The number of ether oxygens (including phenoxy) is 1. The van der Waals surface area contributed by atoms with E-state index in [2.05, 4.69) is 31.2 Å². The molecule has 0 aliphatic heterocycles. The minimum absolute atomic E-state index is 0.482. The lowest BCUT2D eigenvalue weighted by Crippen LogP contribution is -1.98. The lowest BCUT2D eigenvalue weighted by molar-refractivity contribution is 0.306. The lowest BCUT2D eigenvalue weighted by atomic mass is 10.2. The first-order chi connectivity index (χ1) is 12.2. The second-order valence-electron chi connectivity index (χ2n) is 5.34. The number of nitrogens with zero attached hydrogens (tertiary/aromatic N) is 3. The van der Waals surface area contributed by atoms with Gasteiger partial charge in [-0.1, -0.05) is 47.1 Å². The molecule has 0 bridgehead atoms. The van der Waals surface area contributed by atoms with Gasteiger partial charge in [-0.3, -0.25) is 5.10 Å². The van der Waals surface area contributed by atoms with Crippen LogP contribution in [0.2, 0.25) is 0 Å². The lowest BCUT2D eigenvalue weighted by Gasteiger charge is -2.07. The summed E-state index contributed by atoms with van der Waals surface area (Å²) in [6.45, 7) is 2.52. The molecule has 0 unspecified atom stereocenters. The minimum atomic E-state index is 0.482. The number of benzene rings is 2. The van der Waals surface area contributed by atoms with Crippen molar-refractivity contribution in [3.63, 3.8) is 0 Å². The van der Waals surface area contributed by atoms with Crippen LogP contribution in [0, 0.1) is 4.77 Å². The Morgan fingerprint density at radius 3 is 2.84 bits per heavy atom. The fourth-order valence-electron chi connectivity index (χ4n) is 2.23. The van der Waals surface area contributed by atoms with Gasteiger partial charge >= 0.3 is 0 Å². The third-order valence-electron chi connectivity index (χ3n) is 3.53. The van der Waals surface area contributed by atoms with Crippen LogP contribution in [0.4, 0.5) is 0 Å². The van der Waals surface area contributed by atoms with E-state index in [4.69, 9.17) is 17.0 Å². The molecule has 3 rings (SSSR count). The SMILES string of the molecule is CCc1n[nH]c(=S)n1/N=C\c1cccc(OCc2ccc(Br)cc2)c1. The molecule has 0 fully saturated rings. The third-order valence-corrected chi connectivity index (χ3v) is 4.33. The molecule has 3 aromatic rings. The first-order valence-corrected chi connectivity index (χ1v) is 9.04. The summed E-state index contributed by atoms with van der Waals surface area (Å²) in [6.07, 6.45) is 2.50. The Morgan fingerprint density at radius 1 is 1.28 bits per heavy atom. The van der Waals surface area contributed by atoms with E-state index < -0.39 is 0 Å².